The van der Waals surface area contributed by atoms with E-state index in [2.05, 4.69) is 13.8 Å². The highest BCUT2D eigenvalue weighted by atomic mass is 32.2. The van der Waals surface area contributed by atoms with E-state index in [1.165, 1.54) is 12.1 Å². The largest absolute Gasteiger partial charge is 0.327 e. The van der Waals surface area contributed by atoms with E-state index in [-0.39, 0.29) is 16.7 Å². The van der Waals surface area contributed by atoms with Crippen molar-refractivity contribution in [1.29, 1.82) is 0 Å². The standard InChI is InChI=1S/C14H19F2NS/c1-14(2)6-5-12(17)13(8-14)18-9-3-4-10(15)11(16)7-9/h3-4,7,12-13H,5-6,8,17H2,1-2H3. The lowest BCUT2D eigenvalue weighted by Gasteiger charge is -2.38. The molecule has 1 aromatic rings. The fraction of sp³-hybridized carbons (Fsp3) is 0.571. The first-order valence-electron chi connectivity index (χ1n) is 6.25. The van der Waals surface area contributed by atoms with Crippen LogP contribution in [0.25, 0.3) is 0 Å². The lowest BCUT2D eigenvalue weighted by Crippen LogP contribution is -2.41. The Morgan fingerprint density at radius 2 is 2.00 bits per heavy atom. The molecular weight excluding hydrogens is 252 g/mol. The summed E-state index contributed by atoms with van der Waals surface area (Å²) >= 11 is 1.57. The number of hydrogen-bond acceptors (Lipinski definition) is 2. The minimum Gasteiger partial charge on any atom is -0.327 e. The minimum atomic E-state index is -0.798. The van der Waals surface area contributed by atoms with Crippen molar-refractivity contribution >= 4 is 11.8 Å². The maximum Gasteiger partial charge on any atom is 0.159 e. The Kier molecular flexibility index (Phi) is 3.97. The molecule has 4 heteroatoms. The highest BCUT2D eigenvalue weighted by Crippen LogP contribution is 2.42. The van der Waals surface area contributed by atoms with Gasteiger partial charge < -0.3 is 5.73 Å². The zero-order valence-corrected chi connectivity index (χ0v) is 11.6. The molecule has 2 atom stereocenters. The van der Waals surface area contributed by atoms with Gasteiger partial charge in [-0.2, -0.15) is 0 Å². The zero-order valence-electron chi connectivity index (χ0n) is 10.7. The Morgan fingerprint density at radius 1 is 1.28 bits per heavy atom. The van der Waals surface area contributed by atoms with E-state index >= 15 is 0 Å². The van der Waals surface area contributed by atoms with Crippen LogP contribution in [0.4, 0.5) is 8.78 Å². The van der Waals surface area contributed by atoms with E-state index in [4.69, 9.17) is 5.73 Å². The van der Waals surface area contributed by atoms with E-state index in [9.17, 15) is 8.78 Å². The second kappa shape index (κ2) is 5.17. The molecule has 0 heterocycles. The Balaban J connectivity index is 2.09. The van der Waals surface area contributed by atoms with Crippen LogP contribution in [-0.4, -0.2) is 11.3 Å². The fourth-order valence-corrected chi connectivity index (χ4v) is 3.91. The zero-order chi connectivity index (χ0) is 13.3. The van der Waals surface area contributed by atoms with Crippen LogP contribution in [0.15, 0.2) is 23.1 Å². The summed E-state index contributed by atoms with van der Waals surface area (Å²) < 4.78 is 26.0. The highest BCUT2D eigenvalue weighted by Gasteiger charge is 2.33. The molecule has 0 amide bonds. The van der Waals surface area contributed by atoms with E-state index in [0.717, 1.165) is 24.2 Å². The molecule has 0 radical (unpaired) electrons. The van der Waals surface area contributed by atoms with Crippen LogP contribution in [0.5, 0.6) is 0 Å². The lowest BCUT2D eigenvalue weighted by molar-refractivity contribution is 0.232. The second-order valence-corrected chi connectivity index (χ2v) is 7.12. The molecule has 100 valence electrons. The summed E-state index contributed by atoms with van der Waals surface area (Å²) in [4.78, 5) is 0.757. The molecular formula is C14H19F2NS. The van der Waals surface area contributed by atoms with Crippen LogP contribution in [-0.2, 0) is 0 Å². The van der Waals surface area contributed by atoms with Gasteiger partial charge in [0.15, 0.2) is 11.6 Å². The molecule has 1 fully saturated rings. The summed E-state index contributed by atoms with van der Waals surface area (Å²) in [6, 6.07) is 4.19. The van der Waals surface area contributed by atoms with Crippen LogP contribution in [0, 0.1) is 17.0 Å². The average molecular weight is 271 g/mol. The van der Waals surface area contributed by atoms with Crippen molar-refractivity contribution in [2.24, 2.45) is 11.1 Å². The van der Waals surface area contributed by atoms with Gasteiger partial charge in [0.1, 0.15) is 0 Å². The molecule has 0 aliphatic heterocycles. The quantitative estimate of drug-likeness (QED) is 0.881. The van der Waals surface area contributed by atoms with Gasteiger partial charge >= 0.3 is 0 Å². The minimum absolute atomic E-state index is 0.135. The topological polar surface area (TPSA) is 26.0 Å². The monoisotopic (exact) mass is 271 g/mol. The molecule has 1 aliphatic rings. The number of nitrogens with two attached hydrogens (primary N) is 1. The first-order chi connectivity index (χ1) is 8.37. The number of hydrogen-bond donors (Lipinski definition) is 1. The van der Waals surface area contributed by atoms with Crippen molar-refractivity contribution in [2.75, 3.05) is 0 Å². The molecule has 1 nitrogen and oxygen atoms in total. The highest BCUT2D eigenvalue weighted by molar-refractivity contribution is 8.00. The van der Waals surface area contributed by atoms with Crippen LogP contribution < -0.4 is 5.73 Å². The molecule has 2 unspecified atom stereocenters. The number of thioether (sulfide) groups is 1. The van der Waals surface area contributed by atoms with Crippen molar-refractivity contribution in [3.8, 4) is 0 Å². The third kappa shape index (κ3) is 3.23. The molecule has 2 rings (SSSR count). The summed E-state index contributed by atoms with van der Waals surface area (Å²) in [6.07, 6.45) is 3.13. The van der Waals surface area contributed by atoms with Gasteiger partial charge in [-0.25, -0.2) is 8.78 Å². The lowest BCUT2D eigenvalue weighted by atomic mass is 9.75. The van der Waals surface area contributed by atoms with Gasteiger partial charge in [0.25, 0.3) is 0 Å². The number of halogens is 2. The molecule has 0 saturated heterocycles. The molecule has 1 saturated carbocycles. The summed E-state index contributed by atoms with van der Waals surface area (Å²) in [5, 5.41) is 0.276. The Morgan fingerprint density at radius 3 is 2.67 bits per heavy atom. The van der Waals surface area contributed by atoms with Crippen LogP contribution in [0.1, 0.15) is 33.1 Å². The molecule has 1 aliphatic carbocycles. The molecule has 0 aromatic heterocycles. The third-order valence-corrected chi connectivity index (χ3v) is 4.91. The van der Waals surface area contributed by atoms with Crippen molar-refractivity contribution in [1.82, 2.24) is 0 Å². The SMILES string of the molecule is CC1(C)CCC(N)C(Sc2ccc(F)c(F)c2)C1. The van der Waals surface area contributed by atoms with E-state index < -0.39 is 11.6 Å². The predicted molar refractivity (Wildman–Crippen MR) is 71.6 cm³/mol. The summed E-state index contributed by atoms with van der Waals surface area (Å²) in [5.41, 5.74) is 6.41. The van der Waals surface area contributed by atoms with E-state index in [0.29, 0.717) is 0 Å². The number of rotatable bonds is 2. The first-order valence-corrected chi connectivity index (χ1v) is 7.13. The summed E-state index contributed by atoms with van der Waals surface area (Å²) in [6.45, 7) is 4.47. The predicted octanol–water partition coefficient (Wildman–Crippen LogP) is 3.96. The maximum absolute atomic E-state index is 13.2. The van der Waals surface area contributed by atoms with Gasteiger partial charge in [0, 0.05) is 16.2 Å². The first kappa shape index (κ1) is 13.8. The fourth-order valence-electron chi connectivity index (χ4n) is 2.40. The average Bonchev–Trinajstić information content (AvgIpc) is 2.28. The van der Waals surface area contributed by atoms with Crippen molar-refractivity contribution in [3.05, 3.63) is 29.8 Å². The Bertz CT molecular complexity index is 434. The molecule has 18 heavy (non-hydrogen) atoms. The van der Waals surface area contributed by atoms with Crippen LogP contribution >= 0.6 is 11.8 Å². The van der Waals surface area contributed by atoms with Crippen molar-refractivity contribution < 1.29 is 8.78 Å². The normalized spacial score (nSPS) is 27.2. The van der Waals surface area contributed by atoms with Crippen LogP contribution in [0.2, 0.25) is 0 Å². The Hall–Kier alpha value is -0.610. The second-order valence-electron chi connectivity index (χ2n) is 5.80. The smallest absolute Gasteiger partial charge is 0.159 e. The van der Waals surface area contributed by atoms with Gasteiger partial charge in [-0.1, -0.05) is 13.8 Å². The van der Waals surface area contributed by atoms with E-state index in [1.807, 2.05) is 0 Å². The van der Waals surface area contributed by atoms with Gasteiger partial charge in [-0.15, -0.1) is 11.8 Å². The van der Waals surface area contributed by atoms with Crippen LogP contribution in [0.3, 0.4) is 0 Å². The summed E-state index contributed by atoms with van der Waals surface area (Å²) in [7, 11) is 0. The number of benzene rings is 1. The van der Waals surface area contributed by atoms with Gasteiger partial charge in [-0.3, -0.25) is 0 Å². The van der Waals surface area contributed by atoms with Crippen molar-refractivity contribution in [3.63, 3.8) is 0 Å². The molecule has 1 aromatic carbocycles. The molecule has 0 bridgehead atoms. The van der Waals surface area contributed by atoms with Gasteiger partial charge in [0.2, 0.25) is 0 Å². The Labute approximate surface area is 111 Å². The van der Waals surface area contributed by atoms with Gasteiger partial charge in [-0.05, 0) is 42.9 Å². The molecule has 2 N–H and O–H groups in total. The maximum atomic E-state index is 13.2. The van der Waals surface area contributed by atoms with E-state index in [1.54, 1.807) is 17.8 Å². The molecule has 0 spiro atoms. The summed E-state index contributed by atoms with van der Waals surface area (Å²) in [5.74, 6) is -1.59. The third-order valence-electron chi connectivity index (χ3n) is 3.56. The van der Waals surface area contributed by atoms with Gasteiger partial charge in [0.05, 0.1) is 0 Å². The van der Waals surface area contributed by atoms with Crippen molar-refractivity contribution in [2.45, 2.75) is 49.3 Å².